The van der Waals surface area contributed by atoms with Gasteiger partial charge in [-0.05, 0) is 46.0 Å². The van der Waals surface area contributed by atoms with Gasteiger partial charge in [-0.2, -0.15) is 0 Å². The van der Waals surface area contributed by atoms with Gasteiger partial charge in [0, 0.05) is 37.2 Å². The summed E-state index contributed by atoms with van der Waals surface area (Å²) in [5, 5.41) is 0. The van der Waals surface area contributed by atoms with Crippen molar-refractivity contribution in [2.75, 3.05) is 46.8 Å². The largest absolute Gasteiger partial charge is 0.326 e. The van der Waals surface area contributed by atoms with Crippen LogP contribution in [0.5, 0.6) is 0 Å². The molecule has 1 aromatic carbocycles. The second kappa shape index (κ2) is 11.2. The highest BCUT2D eigenvalue weighted by atomic mass is 15.3. The van der Waals surface area contributed by atoms with Gasteiger partial charge in [0.25, 0.3) is 0 Å². The first-order chi connectivity index (χ1) is 17.2. The standard InChI is InChI=1S/C36H66N2/c1-33(2,3)25-31(28-38(12)23-19-36(9,10)20-24-38)32(26-34(4,5)6)30-15-13-29(14-16-30)27-37(11)21-17-35(7,8)18-22-37/h13-16,31-32H,17-28H2,1-12H3/q+2. The van der Waals surface area contributed by atoms with Gasteiger partial charge < -0.3 is 8.97 Å². The van der Waals surface area contributed by atoms with Crippen molar-refractivity contribution in [2.45, 2.75) is 120 Å². The molecule has 2 saturated heterocycles. The highest BCUT2D eigenvalue weighted by Gasteiger charge is 2.40. The Kier molecular flexibility index (Phi) is 9.33. The van der Waals surface area contributed by atoms with E-state index in [-0.39, 0.29) is 0 Å². The normalized spacial score (nSPS) is 24.5. The van der Waals surface area contributed by atoms with Crippen molar-refractivity contribution in [1.82, 2.24) is 0 Å². The highest BCUT2D eigenvalue weighted by molar-refractivity contribution is 5.26. The van der Waals surface area contributed by atoms with E-state index in [0.717, 1.165) is 0 Å². The summed E-state index contributed by atoms with van der Waals surface area (Å²) in [7, 11) is 5.04. The summed E-state index contributed by atoms with van der Waals surface area (Å²) in [6.07, 6.45) is 7.98. The van der Waals surface area contributed by atoms with E-state index in [9.17, 15) is 0 Å². The fourth-order valence-corrected chi connectivity index (χ4v) is 7.32. The lowest BCUT2D eigenvalue weighted by Gasteiger charge is -2.47. The average Bonchev–Trinajstić information content (AvgIpc) is 2.76. The first-order valence-corrected chi connectivity index (χ1v) is 15.9. The van der Waals surface area contributed by atoms with Crippen LogP contribution in [0.2, 0.25) is 0 Å². The van der Waals surface area contributed by atoms with Gasteiger partial charge in [0.15, 0.2) is 0 Å². The van der Waals surface area contributed by atoms with Gasteiger partial charge in [0.1, 0.15) is 6.54 Å². The lowest BCUT2D eigenvalue weighted by Crippen LogP contribution is -2.54. The zero-order chi connectivity index (χ0) is 28.6. The van der Waals surface area contributed by atoms with Crippen LogP contribution in [0, 0.1) is 27.6 Å². The molecule has 2 aliphatic rings. The number of nitrogens with zero attached hydrogens (tertiary/aromatic N) is 2. The van der Waals surface area contributed by atoms with E-state index in [1.807, 2.05) is 0 Å². The number of benzene rings is 1. The van der Waals surface area contributed by atoms with Crippen LogP contribution in [0.4, 0.5) is 0 Å². The third-order valence-corrected chi connectivity index (χ3v) is 10.2. The van der Waals surface area contributed by atoms with Gasteiger partial charge in [-0.15, -0.1) is 0 Å². The number of likely N-dealkylation sites (tertiary alicyclic amines) is 2. The summed E-state index contributed by atoms with van der Waals surface area (Å²) in [6.45, 7) is 32.3. The predicted octanol–water partition coefficient (Wildman–Crippen LogP) is 9.29. The first-order valence-electron chi connectivity index (χ1n) is 15.9. The minimum Gasteiger partial charge on any atom is -0.326 e. The summed E-state index contributed by atoms with van der Waals surface area (Å²) in [4.78, 5) is 0. The van der Waals surface area contributed by atoms with Gasteiger partial charge in [-0.1, -0.05) is 93.5 Å². The molecular formula is C36H66N2+2. The number of rotatable bonds is 8. The van der Waals surface area contributed by atoms with Crippen LogP contribution in [0.25, 0.3) is 0 Å². The molecule has 0 N–H and O–H groups in total. The molecule has 0 bridgehead atoms. The van der Waals surface area contributed by atoms with E-state index in [2.05, 4.69) is 108 Å². The molecule has 2 atom stereocenters. The molecule has 0 amide bonds. The van der Waals surface area contributed by atoms with Crippen LogP contribution in [-0.4, -0.2) is 55.8 Å². The maximum absolute atomic E-state index is 2.56. The Hall–Kier alpha value is -0.860. The molecule has 38 heavy (non-hydrogen) atoms. The Labute approximate surface area is 238 Å². The van der Waals surface area contributed by atoms with Crippen molar-refractivity contribution in [3.63, 3.8) is 0 Å². The lowest BCUT2D eigenvalue weighted by molar-refractivity contribution is -0.929. The smallest absolute Gasteiger partial charge is 0.104 e. The Morgan fingerprint density at radius 3 is 1.50 bits per heavy atom. The van der Waals surface area contributed by atoms with Crippen LogP contribution >= 0.6 is 0 Å². The molecule has 2 fully saturated rings. The van der Waals surface area contributed by atoms with E-state index in [4.69, 9.17) is 0 Å². The van der Waals surface area contributed by atoms with Crippen molar-refractivity contribution in [3.05, 3.63) is 35.4 Å². The van der Waals surface area contributed by atoms with Gasteiger partial charge in [0.05, 0.1) is 46.8 Å². The van der Waals surface area contributed by atoms with Crippen LogP contribution in [0.1, 0.15) is 125 Å². The van der Waals surface area contributed by atoms with E-state index in [1.165, 1.54) is 92.3 Å². The average molecular weight is 527 g/mol. The van der Waals surface area contributed by atoms with E-state index < -0.39 is 0 Å². The van der Waals surface area contributed by atoms with Crippen molar-refractivity contribution < 1.29 is 8.97 Å². The number of hydrogen-bond acceptors (Lipinski definition) is 0. The Morgan fingerprint density at radius 2 is 1.08 bits per heavy atom. The maximum Gasteiger partial charge on any atom is 0.104 e. The maximum atomic E-state index is 2.56. The third-order valence-electron chi connectivity index (χ3n) is 10.2. The van der Waals surface area contributed by atoms with Crippen LogP contribution < -0.4 is 0 Å². The minimum atomic E-state index is 0.321. The molecule has 0 radical (unpaired) electrons. The zero-order valence-corrected chi connectivity index (χ0v) is 27.8. The Bertz CT molecular complexity index is 873. The van der Waals surface area contributed by atoms with Crippen LogP contribution in [-0.2, 0) is 6.54 Å². The molecule has 0 aromatic heterocycles. The third kappa shape index (κ3) is 9.65. The van der Waals surface area contributed by atoms with Crippen molar-refractivity contribution >= 4 is 0 Å². The summed E-state index contributed by atoms with van der Waals surface area (Å²) < 4.78 is 2.46. The molecule has 0 aliphatic carbocycles. The summed E-state index contributed by atoms with van der Waals surface area (Å²) in [5.74, 6) is 1.33. The number of piperidine rings is 2. The lowest BCUT2D eigenvalue weighted by atomic mass is 9.69. The fraction of sp³-hybridized carbons (Fsp3) is 0.833. The molecule has 0 spiro atoms. The van der Waals surface area contributed by atoms with Gasteiger partial charge >= 0.3 is 0 Å². The Morgan fingerprint density at radius 1 is 0.658 bits per heavy atom. The summed E-state index contributed by atoms with van der Waals surface area (Å²) in [5.41, 5.74) is 4.81. The Balaban J connectivity index is 1.85. The van der Waals surface area contributed by atoms with Crippen molar-refractivity contribution in [2.24, 2.45) is 27.6 Å². The molecule has 1 aromatic rings. The molecular weight excluding hydrogens is 460 g/mol. The molecule has 0 saturated carbocycles. The van der Waals surface area contributed by atoms with Gasteiger partial charge in [-0.25, -0.2) is 0 Å². The summed E-state index contributed by atoms with van der Waals surface area (Å²) >= 11 is 0. The van der Waals surface area contributed by atoms with Crippen molar-refractivity contribution in [1.29, 1.82) is 0 Å². The van der Waals surface area contributed by atoms with Crippen molar-refractivity contribution in [3.8, 4) is 0 Å². The topological polar surface area (TPSA) is 0 Å². The van der Waals surface area contributed by atoms with Crippen LogP contribution in [0.3, 0.4) is 0 Å². The van der Waals surface area contributed by atoms with Crippen LogP contribution in [0.15, 0.2) is 24.3 Å². The van der Waals surface area contributed by atoms with Gasteiger partial charge in [0.2, 0.25) is 0 Å². The predicted molar refractivity (Wildman–Crippen MR) is 167 cm³/mol. The minimum absolute atomic E-state index is 0.321. The summed E-state index contributed by atoms with van der Waals surface area (Å²) in [6, 6.07) is 10.0. The molecule has 2 aliphatic heterocycles. The number of quaternary nitrogens is 2. The van der Waals surface area contributed by atoms with E-state index in [1.54, 1.807) is 5.56 Å². The monoisotopic (exact) mass is 527 g/mol. The molecule has 2 unspecified atom stereocenters. The quantitative estimate of drug-likeness (QED) is 0.296. The zero-order valence-electron chi connectivity index (χ0n) is 27.8. The molecule has 2 heterocycles. The SMILES string of the molecule is CC(C)(C)CC(C[N+]1(C)CCC(C)(C)CC1)C(CC(C)(C)C)c1ccc(C[N+]2(C)CCC(C)(C)CC2)cc1. The highest BCUT2D eigenvalue weighted by Crippen LogP contribution is 2.44. The molecule has 2 heteroatoms. The second-order valence-corrected chi connectivity index (χ2v) is 18.4. The second-order valence-electron chi connectivity index (χ2n) is 18.4. The van der Waals surface area contributed by atoms with Gasteiger partial charge in [-0.3, -0.25) is 0 Å². The molecule has 2 nitrogen and oxygen atoms in total. The molecule has 218 valence electrons. The molecule has 3 rings (SSSR count). The van der Waals surface area contributed by atoms with E-state index >= 15 is 0 Å². The fourth-order valence-electron chi connectivity index (χ4n) is 7.32. The number of hydrogen-bond donors (Lipinski definition) is 0. The first kappa shape index (κ1) is 31.7. The van der Waals surface area contributed by atoms with E-state index in [0.29, 0.717) is 33.5 Å².